The van der Waals surface area contributed by atoms with Gasteiger partial charge in [-0.25, -0.2) is 0 Å². The molecule has 1 aromatic rings. The molecule has 1 fully saturated rings. The SMILES string of the molecule is COCCOc1ccc(C=C(CN)B2OC(C)(C)C(C)(C)O2)cc1. The van der Waals surface area contributed by atoms with Crippen LogP contribution in [0.3, 0.4) is 0 Å². The molecule has 6 heteroatoms. The molecule has 1 aliphatic heterocycles. The Morgan fingerprint density at radius 3 is 2.17 bits per heavy atom. The Bertz CT molecular complexity index is 553. The molecule has 0 spiro atoms. The lowest BCUT2D eigenvalue weighted by Crippen LogP contribution is -2.41. The van der Waals surface area contributed by atoms with Gasteiger partial charge in [-0.1, -0.05) is 18.2 Å². The van der Waals surface area contributed by atoms with E-state index in [0.717, 1.165) is 16.8 Å². The smallest absolute Gasteiger partial charge is 0.491 e. The first kappa shape index (κ1) is 19.0. The summed E-state index contributed by atoms with van der Waals surface area (Å²) >= 11 is 0. The molecule has 24 heavy (non-hydrogen) atoms. The summed E-state index contributed by atoms with van der Waals surface area (Å²) in [5, 5.41) is 0. The van der Waals surface area contributed by atoms with Crippen molar-refractivity contribution in [3.8, 4) is 5.75 Å². The molecule has 0 saturated carbocycles. The van der Waals surface area contributed by atoms with Crippen molar-refractivity contribution in [2.45, 2.75) is 38.9 Å². The van der Waals surface area contributed by atoms with Gasteiger partial charge in [0, 0.05) is 13.7 Å². The molecule has 1 aliphatic rings. The molecule has 0 bridgehead atoms. The molecular formula is C18H28BNO4. The first-order chi connectivity index (χ1) is 11.3. The van der Waals surface area contributed by atoms with Gasteiger partial charge in [-0.05, 0) is 50.9 Å². The quantitative estimate of drug-likeness (QED) is 0.614. The zero-order valence-corrected chi connectivity index (χ0v) is 15.3. The number of hydrogen-bond acceptors (Lipinski definition) is 5. The van der Waals surface area contributed by atoms with Gasteiger partial charge in [0.05, 0.1) is 17.8 Å². The lowest BCUT2D eigenvalue weighted by molar-refractivity contribution is 0.00578. The minimum Gasteiger partial charge on any atom is -0.491 e. The predicted octanol–water partition coefficient (Wildman–Crippen LogP) is 2.69. The van der Waals surface area contributed by atoms with Gasteiger partial charge in [-0.2, -0.15) is 0 Å². The molecule has 0 radical (unpaired) electrons. The van der Waals surface area contributed by atoms with Crippen molar-refractivity contribution in [1.82, 2.24) is 0 Å². The summed E-state index contributed by atoms with van der Waals surface area (Å²) in [4.78, 5) is 0. The summed E-state index contributed by atoms with van der Waals surface area (Å²) in [5.41, 5.74) is 7.13. The van der Waals surface area contributed by atoms with Crippen molar-refractivity contribution in [3.05, 3.63) is 35.3 Å². The van der Waals surface area contributed by atoms with E-state index in [1.165, 1.54) is 0 Å². The van der Waals surface area contributed by atoms with Gasteiger partial charge >= 0.3 is 7.12 Å². The van der Waals surface area contributed by atoms with Crippen LogP contribution in [0.25, 0.3) is 6.08 Å². The largest absolute Gasteiger partial charge is 0.491 e. The molecule has 0 aliphatic carbocycles. The van der Waals surface area contributed by atoms with Crippen LogP contribution in [0, 0.1) is 0 Å². The van der Waals surface area contributed by atoms with E-state index in [-0.39, 0.29) is 11.2 Å². The molecule has 0 unspecified atom stereocenters. The molecule has 1 saturated heterocycles. The number of benzene rings is 1. The third kappa shape index (κ3) is 4.39. The first-order valence-corrected chi connectivity index (χ1v) is 8.27. The third-order valence-corrected chi connectivity index (χ3v) is 4.58. The fraction of sp³-hybridized carbons (Fsp3) is 0.556. The second-order valence-electron chi connectivity index (χ2n) is 6.92. The summed E-state index contributed by atoms with van der Waals surface area (Å²) in [6, 6.07) is 7.84. The molecule has 1 heterocycles. The van der Waals surface area contributed by atoms with Crippen LogP contribution in [0.4, 0.5) is 0 Å². The van der Waals surface area contributed by atoms with E-state index in [0.29, 0.717) is 19.8 Å². The molecule has 2 N–H and O–H groups in total. The first-order valence-electron chi connectivity index (χ1n) is 8.27. The Morgan fingerprint density at radius 2 is 1.67 bits per heavy atom. The molecule has 132 valence electrons. The van der Waals surface area contributed by atoms with Crippen LogP contribution in [-0.4, -0.2) is 45.2 Å². The molecule has 0 atom stereocenters. The molecular weight excluding hydrogens is 305 g/mol. The maximum Gasteiger partial charge on any atom is 0.491 e. The lowest BCUT2D eigenvalue weighted by atomic mass is 9.77. The van der Waals surface area contributed by atoms with E-state index in [1.807, 2.05) is 58.0 Å². The highest BCUT2D eigenvalue weighted by Gasteiger charge is 2.52. The van der Waals surface area contributed by atoms with Crippen LogP contribution in [-0.2, 0) is 14.0 Å². The van der Waals surface area contributed by atoms with E-state index in [2.05, 4.69) is 0 Å². The van der Waals surface area contributed by atoms with Gasteiger partial charge in [0.25, 0.3) is 0 Å². The number of nitrogens with two attached hydrogens (primary N) is 1. The number of ether oxygens (including phenoxy) is 2. The highest BCUT2D eigenvalue weighted by Crippen LogP contribution is 2.38. The van der Waals surface area contributed by atoms with Crippen molar-refractivity contribution < 1.29 is 18.8 Å². The monoisotopic (exact) mass is 333 g/mol. The number of methoxy groups -OCH3 is 1. The third-order valence-electron chi connectivity index (χ3n) is 4.58. The molecule has 0 aromatic heterocycles. The average Bonchev–Trinajstić information content (AvgIpc) is 2.74. The van der Waals surface area contributed by atoms with Crippen LogP contribution < -0.4 is 10.5 Å². The maximum absolute atomic E-state index is 6.07. The normalized spacial score (nSPS) is 19.6. The van der Waals surface area contributed by atoms with Crippen LogP contribution in [0.5, 0.6) is 5.75 Å². The minimum atomic E-state index is -0.419. The zero-order valence-electron chi connectivity index (χ0n) is 15.3. The van der Waals surface area contributed by atoms with E-state index in [4.69, 9.17) is 24.5 Å². The van der Waals surface area contributed by atoms with Gasteiger partial charge in [0.1, 0.15) is 12.4 Å². The van der Waals surface area contributed by atoms with E-state index < -0.39 is 7.12 Å². The van der Waals surface area contributed by atoms with Crippen molar-refractivity contribution in [2.24, 2.45) is 5.73 Å². The van der Waals surface area contributed by atoms with Gasteiger partial charge in [0.15, 0.2) is 0 Å². The van der Waals surface area contributed by atoms with Crippen LogP contribution in [0.1, 0.15) is 33.3 Å². The van der Waals surface area contributed by atoms with Crippen molar-refractivity contribution in [2.75, 3.05) is 26.9 Å². The van der Waals surface area contributed by atoms with E-state index >= 15 is 0 Å². The van der Waals surface area contributed by atoms with Crippen LogP contribution in [0.15, 0.2) is 29.7 Å². The fourth-order valence-corrected chi connectivity index (χ4v) is 2.33. The molecule has 0 amide bonds. The Labute approximate surface area is 145 Å². The van der Waals surface area contributed by atoms with Gasteiger partial charge in [0.2, 0.25) is 0 Å². The standard InChI is InChI=1S/C18H28BNO4/c1-17(2)18(3,4)24-19(23-17)15(13-20)12-14-6-8-16(9-7-14)22-11-10-21-5/h6-9,12H,10-11,13,20H2,1-5H3. The second-order valence-corrected chi connectivity index (χ2v) is 6.92. The molecule has 5 nitrogen and oxygen atoms in total. The fourth-order valence-electron chi connectivity index (χ4n) is 2.33. The Balaban J connectivity index is 2.08. The highest BCUT2D eigenvalue weighted by atomic mass is 16.7. The molecule has 2 rings (SSSR count). The highest BCUT2D eigenvalue weighted by molar-refractivity contribution is 6.55. The average molecular weight is 333 g/mol. The van der Waals surface area contributed by atoms with Crippen LogP contribution >= 0.6 is 0 Å². The van der Waals surface area contributed by atoms with Gasteiger partial charge in [-0.15, -0.1) is 0 Å². The predicted molar refractivity (Wildman–Crippen MR) is 96.9 cm³/mol. The molecule has 1 aromatic carbocycles. The van der Waals surface area contributed by atoms with Crippen LogP contribution in [0.2, 0.25) is 0 Å². The van der Waals surface area contributed by atoms with Gasteiger partial charge < -0.3 is 24.5 Å². The number of hydrogen-bond donors (Lipinski definition) is 1. The lowest BCUT2D eigenvalue weighted by Gasteiger charge is -2.32. The summed E-state index contributed by atoms with van der Waals surface area (Å²) < 4.78 is 22.7. The topological polar surface area (TPSA) is 62.9 Å². The zero-order chi connectivity index (χ0) is 17.8. The van der Waals surface area contributed by atoms with Crippen molar-refractivity contribution in [1.29, 1.82) is 0 Å². The summed E-state index contributed by atoms with van der Waals surface area (Å²) in [7, 11) is 1.24. The van der Waals surface area contributed by atoms with E-state index in [1.54, 1.807) is 7.11 Å². The summed E-state index contributed by atoms with van der Waals surface area (Å²) in [5.74, 6) is 0.814. The summed E-state index contributed by atoms with van der Waals surface area (Å²) in [6.45, 7) is 9.62. The summed E-state index contributed by atoms with van der Waals surface area (Å²) in [6.07, 6.45) is 2.01. The Kier molecular flexibility index (Phi) is 6.09. The Hall–Kier alpha value is -1.34. The van der Waals surface area contributed by atoms with Crippen molar-refractivity contribution in [3.63, 3.8) is 0 Å². The Morgan fingerprint density at radius 1 is 1.08 bits per heavy atom. The minimum absolute atomic E-state index is 0.370. The van der Waals surface area contributed by atoms with Gasteiger partial charge in [-0.3, -0.25) is 0 Å². The van der Waals surface area contributed by atoms with Crippen molar-refractivity contribution >= 4 is 13.2 Å². The maximum atomic E-state index is 6.07. The second kappa shape index (κ2) is 7.70. The number of rotatable bonds is 7. The van der Waals surface area contributed by atoms with E-state index in [9.17, 15) is 0 Å².